The number of anilines is 1. The second-order valence-electron chi connectivity index (χ2n) is 5.17. The molecule has 0 aliphatic rings. The van der Waals surface area contributed by atoms with Crippen molar-refractivity contribution in [1.29, 1.82) is 0 Å². The Bertz CT molecular complexity index is 492. The Balaban J connectivity index is 2.33. The van der Waals surface area contributed by atoms with Gasteiger partial charge in [0.25, 0.3) is 0 Å². The third-order valence-electron chi connectivity index (χ3n) is 2.57. The van der Waals surface area contributed by atoms with Gasteiger partial charge in [-0.05, 0) is 17.7 Å². The number of nitrogens with two attached hydrogens (primary N) is 1. The van der Waals surface area contributed by atoms with Crippen LogP contribution in [0.2, 0.25) is 0 Å². The third-order valence-corrected chi connectivity index (χ3v) is 2.57. The fourth-order valence-electron chi connectivity index (χ4n) is 1.54. The van der Waals surface area contributed by atoms with Crippen LogP contribution in [0.15, 0.2) is 36.7 Å². The van der Waals surface area contributed by atoms with E-state index in [0.717, 1.165) is 22.6 Å². The summed E-state index contributed by atoms with van der Waals surface area (Å²) in [5.41, 5.74) is 8.50. The van der Waals surface area contributed by atoms with Gasteiger partial charge in [0.2, 0.25) is 0 Å². The summed E-state index contributed by atoms with van der Waals surface area (Å²) in [6, 6.07) is 7.72. The van der Waals surface area contributed by atoms with Crippen molar-refractivity contribution in [2.24, 2.45) is 0 Å². The van der Waals surface area contributed by atoms with Crippen LogP contribution in [0, 0.1) is 0 Å². The minimum absolute atomic E-state index is 0.0142. The highest BCUT2D eigenvalue weighted by atomic mass is 14.9. The molecule has 0 atom stereocenters. The Morgan fingerprint density at radius 2 is 1.41 bits per heavy atom. The normalized spacial score (nSPS) is 11.5. The molecule has 0 saturated carbocycles. The maximum Gasteiger partial charge on any atom is 0.133 e. The Labute approximate surface area is 102 Å². The number of nitrogens with zero attached hydrogens (tertiary/aromatic N) is 2. The van der Waals surface area contributed by atoms with E-state index in [2.05, 4.69) is 30.7 Å². The molecule has 3 heteroatoms. The van der Waals surface area contributed by atoms with Crippen LogP contribution < -0.4 is 5.73 Å². The van der Waals surface area contributed by atoms with Crippen molar-refractivity contribution in [2.75, 3.05) is 5.73 Å². The SMILES string of the molecule is CC(C)(C)c1ncc(-c2ccc(N)cc2)cn1. The number of hydrogen-bond donors (Lipinski definition) is 1. The van der Waals surface area contributed by atoms with Gasteiger partial charge in [0.05, 0.1) is 0 Å². The lowest BCUT2D eigenvalue weighted by Crippen LogP contribution is -2.15. The molecule has 1 aromatic heterocycles. The highest BCUT2D eigenvalue weighted by Gasteiger charge is 2.16. The maximum atomic E-state index is 5.65. The lowest BCUT2D eigenvalue weighted by Gasteiger charge is -2.16. The highest BCUT2D eigenvalue weighted by molar-refractivity contribution is 5.63. The monoisotopic (exact) mass is 227 g/mol. The molecule has 0 fully saturated rings. The van der Waals surface area contributed by atoms with Gasteiger partial charge in [0.1, 0.15) is 5.82 Å². The molecular weight excluding hydrogens is 210 g/mol. The quantitative estimate of drug-likeness (QED) is 0.762. The summed E-state index contributed by atoms with van der Waals surface area (Å²) in [6.07, 6.45) is 3.72. The third kappa shape index (κ3) is 2.61. The number of benzene rings is 1. The van der Waals surface area contributed by atoms with Gasteiger partial charge in [-0.25, -0.2) is 9.97 Å². The van der Waals surface area contributed by atoms with Gasteiger partial charge in [-0.3, -0.25) is 0 Å². The van der Waals surface area contributed by atoms with Crippen molar-refractivity contribution < 1.29 is 0 Å². The van der Waals surface area contributed by atoms with E-state index in [1.165, 1.54) is 0 Å². The lowest BCUT2D eigenvalue weighted by atomic mass is 9.95. The van der Waals surface area contributed by atoms with Crippen LogP contribution in [0.3, 0.4) is 0 Å². The number of hydrogen-bond acceptors (Lipinski definition) is 3. The molecule has 2 rings (SSSR count). The first-order valence-corrected chi connectivity index (χ1v) is 5.65. The van der Waals surface area contributed by atoms with Gasteiger partial charge >= 0.3 is 0 Å². The minimum Gasteiger partial charge on any atom is -0.399 e. The molecule has 3 nitrogen and oxygen atoms in total. The van der Waals surface area contributed by atoms with Crippen LogP contribution >= 0.6 is 0 Å². The molecule has 0 aliphatic heterocycles. The summed E-state index contributed by atoms with van der Waals surface area (Å²) in [7, 11) is 0. The van der Waals surface area contributed by atoms with Crippen LogP contribution in [0.1, 0.15) is 26.6 Å². The van der Waals surface area contributed by atoms with Crippen LogP contribution in [0.25, 0.3) is 11.1 Å². The van der Waals surface area contributed by atoms with Crippen molar-refractivity contribution >= 4 is 5.69 Å². The Hall–Kier alpha value is -1.90. The number of rotatable bonds is 1. The molecule has 0 radical (unpaired) electrons. The molecule has 88 valence electrons. The second kappa shape index (κ2) is 4.17. The molecule has 17 heavy (non-hydrogen) atoms. The van der Waals surface area contributed by atoms with E-state index in [0.29, 0.717) is 0 Å². The Morgan fingerprint density at radius 3 is 1.88 bits per heavy atom. The van der Waals surface area contributed by atoms with Crippen molar-refractivity contribution in [3.63, 3.8) is 0 Å². The fraction of sp³-hybridized carbons (Fsp3) is 0.286. The standard InChI is InChI=1S/C14H17N3/c1-14(2,3)13-16-8-11(9-17-13)10-4-6-12(15)7-5-10/h4-9H,15H2,1-3H3. The highest BCUT2D eigenvalue weighted by Crippen LogP contribution is 2.22. The zero-order valence-corrected chi connectivity index (χ0v) is 10.4. The van der Waals surface area contributed by atoms with Gasteiger partial charge in [-0.1, -0.05) is 32.9 Å². The first-order chi connectivity index (χ1) is 7.97. The van der Waals surface area contributed by atoms with Crippen molar-refractivity contribution in [1.82, 2.24) is 9.97 Å². The Kier molecular flexibility index (Phi) is 2.84. The summed E-state index contributed by atoms with van der Waals surface area (Å²) in [4.78, 5) is 8.81. The van der Waals surface area contributed by atoms with E-state index in [-0.39, 0.29) is 5.41 Å². The predicted molar refractivity (Wildman–Crippen MR) is 70.6 cm³/mol. The molecular formula is C14H17N3. The molecule has 0 saturated heterocycles. The predicted octanol–water partition coefficient (Wildman–Crippen LogP) is 3.02. The zero-order chi connectivity index (χ0) is 12.5. The molecule has 0 bridgehead atoms. The smallest absolute Gasteiger partial charge is 0.133 e. The average Bonchev–Trinajstić information content (AvgIpc) is 2.29. The van der Waals surface area contributed by atoms with Crippen molar-refractivity contribution in [2.45, 2.75) is 26.2 Å². The summed E-state index contributed by atoms with van der Waals surface area (Å²) in [5.74, 6) is 0.858. The van der Waals surface area contributed by atoms with Crippen molar-refractivity contribution in [3.8, 4) is 11.1 Å². The molecule has 0 unspecified atom stereocenters. The van der Waals surface area contributed by atoms with E-state index in [1.807, 2.05) is 36.7 Å². The fourth-order valence-corrected chi connectivity index (χ4v) is 1.54. The lowest BCUT2D eigenvalue weighted by molar-refractivity contribution is 0.545. The molecule has 2 aromatic rings. The number of aromatic nitrogens is 2. The summed E-state index contributed by atoms with van der Waals surface area (Å²) >= 11 is 0. The largest absolute Gasteiger partial charge is 0.399 e. The van der Waals surface area contributed by atoms with Gasteiger partial charge in [-0.2, -0.15) is 0 Å². The van der Waals surface area contributed by atoms with E-state index in [4.69, 9.17) is 5.73 Å². The Morgan fingerprint density at radius 1 is 0.882 bits per heavy atom. The van der Waals surface area contributed by atoms with Crippen LogP contribution in [0.4, 0.5) is 5.69 Å². The first kappa shape index (κ1) is 11.6. The van der Waals surface area contributed by atoms with Gasteiger partial charge in [0, 0.05) is 29.1 Å². The van der Waals surface area contributed by atoms with E-state index >= 15 is 0 Å². The molecule has 1 heterocycles. The maximum absolute atomic E-state index is 5.65. The van der Waals surface area contributed by atoms with E-state index < -0.39 is 0 Å². The molecule has 1 aromatic carbocycles. The summed E-state index contributed by atoms with van der Waals surface area (Å²) < 4.78 is 0. The number of nitrogen functional groups attached to an aromatic ring is 1. The summed E-state index contributed by atoms with van der Waals surface area (Å²) in [6.45, 7) is 6.31. The minimum atomic E-state index is -0.0142. The van der Waals surface area contributed by atoms with Gasteiger partial charge in [0.15, 0.2) is 0 Å². The molecule has 0 aliphatic carbocycles. The van der Waals surface area contributed by atoms with Crippen molar-refractivity contribution in [3.05, 3.63) is 42.5 Å². The van der Waals surface area contributed by atoms with Crippen LogP contribution in [0.5, 0.6) is 0 Å². The molecule has 0 amide bonds. The van der Waals surface area contributed by atoms with Gasteiger partial charge in [-0.15, -0.1) is 0 Å². The average molecular weight is 227 g/mol. The first-order valence-electron chi connectivity index (χ1n) is 5.65. The summed E-state index contributed by atoms with van der Waals surface area (Å²) in [5, 5.41) is 0. The van der Waals surface area contributed by atoms with Crippen LogP contribution in [-0.4, -0.2) is 9.97 Å². The topological polar surface area (TPSA) is 51.8 Å². The molecule has 2 N–H and O–H groups in total. The van der Waals surface area contributed by atoms with Crippen LogP contribution in [-0.2, 0) is 5.41 Å². The second-order valence-corrected chi connectivity index (χ2v) is 5.17. The molecule has 0 spiro atoms. The van der Waals surface area contributed by atoms with E-state index in [9.17, 15) is 0 Å². The van der Waals surface area contributed by atoms with Gasteiger partial charge < -0.3 is 5.73 Å². The van der Waals surface area contributed by atoms with E-state index in [1.54, 1.807) is 0 Å². The zero-order valence-electron chi connectivity index (χ0n) is 10.4.